The molecule has 1 unspecified atom stereocenters. The zero-order valence-corrected chi connectivity index (χ0v) is 6.65. The van der Waals surface area contributed by atoms with Crippen LogP contribution in [-0.2, 0) is 0 Å². The predicted molar refractivity (Wildman–Crippen MR) is 43.4 cm³/mol. The Morgan fingerprint density at radius 2 is 2.22 bits per heavy atom. The van der Waals surface area contributed by atoms with Crippen molar-refractivity contribution < 1.29 is 0 Å². The zero-order valence-electron chi connectivity index (χ0n) is 6.65. The molecule has 0 aliphatic heterocycles. The van der Waals surface area contributed by atoms with Gasteiger partial charge in [-0.1, -0.05) is 24.6 Å². The second-order valence-corrected chi connectivity index (χ2v) is 2.66. The Labute approximate surface area is 58.3 Å². The highest BCUT2D eigenvalue weighted by molar-refractivity contribution is 4.95. The minimum atomic E-state index is 0.660. The molecule has 0 bridgehead atoms. The summed E-state index contributed by atoms with van der Waals surface area (Å²) in [5.41, 5.74) is 1.26. The van der Waals surface area contributed by atoms with Crippen LogP contribution in [-0.4, -0.2) is 0 Å². The molecule has 0 radical (unpaired) electrons. The summed E-state index contributed by atoms with van der Waals surface area (Å²) in [5, 5.41) is 0. The molecule has 0 heterocycles. The van der Waals surface area contributed by atoms with Gasteiger partial charge >= 0.3 is 0 Å². The number of hydrogen-bond acceptors (Lipinski definition) is 0. The van der Waals surface area contributed by atoms with Crippen molar-refractivity contribution in [3.63, 3.8) is 0 Å². The van der Waals surface area contributed by atoms with Crippen LogP contribution in [0.15, 0.2) is 24.3 Å². The van der Waals surface area contributed by atoms with Crippen LogP contribution in [0.25, 0.3) is 0 Å². The molecule has 0 spiro atoms. The van der Waals surface area contributed by atoms with E-state index in [2.05, 4.69) is 39.5 Å². The van der Waals surface area contributed by atoms with Crippen molar-refractivity contribution >= 4 is 0 Å². The molecule has 1 atom stereocenters. The van der Waals surface area contributed by atoms with E-state index in [-0.39, 0.29) is 0 Å². The smallest absolute Gasteiger partial charge is 0.0225 e. The monoisotopic (exact) mass is 124 g/mol. The molecule has 0 aromatic carbocycles. The van der Waals surface area contributed by atoms with Gasteiger partial charge in [0.15, 0.2) is 0 Å². The van der Waals surface area contributed by atoms with Crippen LogP contribution in [0.2, 0.25) is 0 Å². The Morgan fingerprint density at radius 1 is 1.67 bits per heavy atom. The normalized spacial score (nSPS) is 14.1. The molecular weight excluding hydrogens is 108 g/mol. The highest BCUT2D eigenvalue weighted by atomic mass is 14.0. The summed E-state index contributed by atoms with van der Waals surface area (Å²) in [4.78, 5) is 0. The van der Waals surface area contributed by atoms with Gasteiger partial charge in [-0.15, -0.1) is 6.58 Å². The Morgan fingerprint density at radius 3 is 2.56 bits per heavy atom. The van der Waals surface area contributed by atoms with Gasteiger partial charge in [0.05, 0.1) is 0 Å². The highest BCUT2D eigenvalue weighted by Crippen LogP contribution is 2.09. The summed E-state index contributed by atoms with van der Waals surface area (Å²) in [6, 6.07) is 0. The van der Waals surface area contributed by atoms with Crippen LogP contribution in [0.5, 0.6) is 0 Å². The summed E-state index contributed by atoms with van der Waals surface area (Å²) >= 11 is 0. The van der Waals surface area contributed by atoms with Gasteiger partial charge < -0.3 is 0 Å². The van der Waals surface area contributed by atoms with E-state index in [9.17, 15) is 0 Å². The number of rotatable bonds is 3. The van der Waals surface area contributed by atoms with E-state index in [0.29, 0.717) is 5.92 Å². The lowest BCUT2D eigenvalue weighted by Gasteiger charge is -2.02. The molecule has 0 nitrogen and oxygen atoms in total. The van der Waals surface area contributed by atoms with Gasteiger partial charge in [0, 0.05) is 0 Å². The third-order valence-electron chi connectivity index (χ3n) is 1.19. The minimum absolute atomic E-state index is 0.660. The van der Waals surface area contributed by atoms with Gasteiger partial charge in [-0.3, -0.25) is 0 Å². The quantitative estimate of drug-likeness (QED) is 0.507. The lowest BCUT2D eigenvalue weighted by Crippen LogP contribution is -1.88. The van der Waals surface area contributed by atoms with Gasteiger partial charge in [0.2, 0.25) is 0 Å². The fourth-order valence-corrected chi connectivity index (χ4v) is 0.946. The molecular formula is C9H16. The fourth-order valence-electron chi connectivity index (χ4n) is 0.946. The lowest BCUT2D eigenvalue weighted by atomic mass is 10.0. The van der Waals surface area contributed by atoms with E-state index in [1.807, 2.05) is 0 Å². The molecule has 0 aliphatic carbocycles. The molecule has 0 aliphatic rings. The predicted octanol–water partition coefficient (Wildman–Crippen LogP) is 3.16. The molecule has 0 heteroatoms. The third kappa shape index (κ3) is 5.35. The first-order valence-corrected chi connectivity index (χ1v) is 3.44. The van der Waals surface area contributed by atoms with E-state index in [1.165, 1.54) is 5.57 Å². The molecule has 0 saturated heterocycles. The number of hydrogen-bond donors (Lipinski definition) is 0. The Balaban J connectivity index is 3.50. The second-order valence-electron chi connectivity index (χ2n) is 2.66. The van der Waals surface area contributed by atoms with Crippen LogP contribution in [0.4, 0.5) is 0 Å². The summed E-state index contributed by atoms with van der Waals surface area (Å²) in [7, 11) is 0. The van der Waals surface area contributed by atoms with Gasteiger partial charge in [-0.05, 0) is 26.2 Å². The first-order chi connectivity index (χ1) is 4.16. The minimum Gasteiger partial charge on any atom is -0.100 e. The number of allylic oxidation sites excluding steroid dienone is 3. The Kier molecular flexibility index (Phi) is 4.12. The third-order valence-corrected chi connectivity index (χ3v) is 1.19. The van der Waals surface area contributed by atoms with E-state index in [0.717, 1.165) is 6.42 Å². The molecule has 0 fully saturated rings. The summed E-state index contributed by atoms with van der Waals surface area (Å²) in [6.45, 7) is 10.2. The maximum Gasteiger partial charge on any atom is -0.0225 e. The van der Waals surface area contributed by atoms with Crippen molar-refractivity contribution in [1.82, 2.24) is 0 Å². The van der Waals surface area contributed by atoms with Gasteiger partial charge in [0.1, 0.15) is 0 Å². The second kappa shape index (κ2) is 4.37. The van der Waals surface area contributed by atoms with Crippen LogP contribution < -0.4 is 0 Å². The van der Waals surface area contributed by atoms with Gasteiger partial charge in [0.25, 0.3) is 0 Å². The largest absolute Gasteiger partial charge is 0.100 e. The molecule has 0 aromatic rings. The Hall–Kier alpha value is -0.520. The summed E-state index contributed by atoms with van der Waals surface area (Å²) in [6.07, 6.45) is 5.41. The first-order valence-electron chi connectivity index (χ1n) is 3.44. The van der Waals surface area contributed by atoms with Crippen molar-refractivity contribution in [3.05, 3.63) is 24.3 Å². The maximum atomic E-state index is 3.84. The van der Waals surface area contributed by atoms with Crippen molar-refractivity contribution in [2.75, 3.05) is 0 Å². The highest BCUT2D eigenvalue weighted by Gasteiger charge is 1.94. The van der Waals surface area contributed by atoms with Gasteiger partial charge in [-0.25, -0.2) is 0 Å². The average molecular weight is 124 g/mol. The molecule has 0 amide bonds. The molecule has 52 valence electrons. The standard InChI is InChI=1S/C9H16/c1-5-6-9(4)7-8(2)3/h5-6,9H,2,7H2,1,3-4H3/b6-5+. The van der Waals surface area contributed by atoms with Crippen LogP contribution >= 0.6 is 0 Å². The SMILES string of the molecule is C=C(C)CC(C)/C=C/C. The molecule has 9 heavy (non-hydrogen) atoms. The average Bonchev–Trinajstić information content (AvgIpc) is 1.63. The topological polar surface area (TPSA) is 0 Å². The zero-order chi connectivity index (χ0) is 7.28. The molecule has 0 aromatic heterocycles. The van der Waals surface area contributed by atoms with E-state index >= 15 is 0 Å². The summed E-state index contributed by atoms with van der Waals surface area (Å²) < 4.78 is 0. The summed E-state index contributed by atoms with van der Waals surface area (Å²) in [5.74, 6) is 0.660. The van der Waals surface area contributed by atoms with Crippen LogP contribution in [0.1, 0.15) is 27.2 Å². The van der Waals surface area contributed by atoms with Crippen molar-refractivity contribution in [2.24, 2.45) is 5.92 Å². The van der Waals surface area contributed by atoms with E-state index in [1.54, 1.807) is 0 Å². The van der Waals surface area contributed by atoms with E-state index in [4.69, 9.17) is 0 Å². The maximum absolute atomic E-state index is 3.84. The van der Waals surface area contributed by atoms with E-state index < -0.39 is 0 Å². The Bertz CT molecular complexity index is 109. The van der Waals surface area contributed by atoms with Crippen molar-refractivity contribution in [2.45, 2.75) is 27.2 Å². The van der Waals surface area contributed by atoms with Crippen molar-refractivity contribution in [3.8, 4) is 0 Å². The van der Waals surface area contributed by atoms with Crippen LogP contribution in [0, 0.1) is 5.92 Å². The van der Waals surface area contributed by atoms with Crippen LogP contribution in [0.3, 0.4) is 0 Å². The first kappa shape index (κ1) is 8.48. The van der Waals surface area contributed by atoms with Gasteiger partial charge in [-0.2, -0.15) is 0 Å². The molecule has 0 saturated carbocycles. The fraction of sp³-hybridized carbons (Fsp3) is 0.556. The molecule has 0 N–H and O–H groups in total. The lowest BCUT2D eigenvalue weighted by molar-refractivity contribution is 0.717. The molecule has 0 rings (SSSR count). The van der Waals surface area contributed by atoms with Crippen molar-refractivity contribution in [1.29, 1.82) is 0 Å².